The van der Waals surface area contributed by atoms with E-state index < -0.39 is 17.9 Å². The Bertz CT molecular complexity index is 340. The first kappa shape index (κ1) is 13.9. The minimum atomic E-state index is -1.21. The van der Waals surface area contributed by atoms with Crippen LogP contribution in [0.3, 0.4) is 0 Å². The molecule has 1 amide bonds. The molecule has 0 spiro atoms. The van der Waals surface area contributed by atoms with Crippen LogP contribution < -0.4 is 11.5 Å². The maximum Gasteiger partial charge on any atom is 0.321 e. The van der Waals surface area contributed by atoms with E-state index in [9.17, 15) is 9.59 Å². The quantitative estimate of drug-likeness (QED) is 0.561. The maximum atomic E-state index is 9.99. The smallest absolute Gasteiger partial charge is 0.321 e. The summed E-state index contributed by atoms with van der Waals surface area (Å²) in [6, 6.07) is 7.55. The number of hydrogen-bond acceptors (Lipinski definition) is 4. The van der Waals surface area contributed by atoms with Crippen LogP contribution in [0.2, 0.25) is 0 Å². The average molecular weight is 226 g/mol. The van der Waals surface area contributed by atoms with Gasteiger partial charge in [-0.05, 0) is 12.1 Å². The van der Waals surface area contributed by atoms with Crippen molar-refractivity contribution in [2.75, 3.05) is 0 Å². The average Bonchev–Trinajstić information content (AvgIpc) is 2.18. The third kappa shape index (κ3) is 7.34. The van der Waals surface area contributed by atoms with Crippen LogP contribution in [0.25, 0.3) is 0 Å². The number of para-hydroxylation sites is 1. The van der Waals surface area contributed by atoms with Gasteiger partial charge in [-0.1, -0.05) is 18.2 Å². The van der Waals surface area contributed by atoms with E-state index in [-0.39, 0.29) is 6.42 Å². The largest absolute Gasteiger partial charge is 0.508 e. The van der Waals surface area contributed by atoms with Gasteiger partial charge in [-0.15, -0.1) is 0 Å². The van der Waals surface area contributed by atoms with Crippen LogP contribution in [0.1, 0.15) is 6.42 Å². The van der Waals surface area contributed by atoms with E-state index in [0.717, 1.165) is 0 Å². The molecule has 1 rings (SSSR count). The fraction of sp³-hybridized carbons (Fsp3) is 0.200. The lowest BCUT2D eigenvalue weighted by atomic mass is 10.2. The first-order valence-corrected chi connectivity index (χ1v) is 4.44. The lowest BCUT2D eigenvalue weighted by Gasteiger charge is -1.99. The highest BCUT2D eigenvalue weighted by atomic mass is 16.4. The number of benzene rings is 1. The van der Waals surface area contributed by atoms with Gasteiger partial charge in [0.1, 0.15) is 11.8 Å². The second-order valence-electron chi connectivity index (χ2n) is 2.95. The Morgan fingerprint density at radius 2 is 1.75 bits per heavy atom. The van der Waals surface area contributed by atoms with Crippen molar-refractivity contribution in [2.45, 2.75) is 12.5 Å². The predicted molar refractivity (Wildman–Crippen MR) is 57.5 cm³/mol. The molecule has 0 fully saturated rings. The van der Waals surface area contributed by atoms with Crippen molar-refractivity contribution in [2.24, 2.45) is 11.5 Å². The number of phenols is 1. The number of aliphatic carboxylic acids is 1. The topological polar surface area (TPSA) is 127 Å². The molecule has 0 aliphatic rings. The van der Waals surface area contributed by atoms with Crippen molar-refractivity contribution < 1.29 is 19.8 Å². The van der Waals surface area contributed by atoms with E-state index in [2.05, 4.69) is 5.73 Å². The van der Waals surface area contributed by atoms with Gasteiger partial charge >= 0.3 is 5.97 Å². The summed E-state index contributed by atoms with van der Waals surface area (Å²) in [5.74, 6) is -1.60. The normalized spacial score (nSPS) is 10.8. The lowest BCUT2D eigenvalue weighted by molar-refractivity contribution is -0.140. The van der Waals surface area contributed by atoms with Crippen LogP contribution in [0.4, 0.5) is 0 Å². The zero-order valence-corrected chi connectivity index (χ0v) is 8.54. The van der Waals surface area contributed by atoms with E-state index >= 15 is 0 Å². The number of primary amides is 1. The molecule has 0 radical (unpaired) electrons. The number of rotatable bonds is 3. The predicted octanol–water partition coefficient (Wildman–Crippen LogP) is -0.334. The third-order valence-corrected chi connectivity index (χ3v) is 1.49. The zero-order valence-electron chi connectivity index (χ0n) is 8.54. The van der Waals surface area contributed by atoms with Crippen molar-refractivity contribution in [3.63, 3.8) is 0 Å². The second kappa shape index (κ2) is 7.24. The number of aromatic hydroxyl groups is 1. The van der Waals surface area contributed by atoms with Crippen molar-refractivity contribution in [1.29, 1.82) is 0 Å². The van der Waals surface area contributed by atoms with Crippen LogP contribution in [0, 0.1) is 0 Å². The molecule has 0 saturated heterocycles. The Morgan fingerprint density at radius 3 is 1.94 bits per heavy atom. The fourth-order valence-electron chi connectivity index (χ4n) is 0.732. The molecule has 0 bridgehead atoms. The van der Waals surface area contributed by atoms with Crippen molar-refractivity contribution in [1.82, 2.24) is 0 Å². The Hall–Kier alpha value is -2.08. The highest BCUT2D eigenvalue weighted by Gasteiger charge is 2.13. The van der Waals surface area contributed by atoms with Crippen LogP contribution in [0.15, 0.2) is 30.3 Å². The Labute approximate surface area is 92.5 Å². The van der Waals surface area contributed by atoms with E-state index in [1.165, 1.54) is 0 Å². The summed E-state index contributed by atoms with van der Waals surface area (Å²) in [5, 5.41) is 16.7. The van der Waals surface area contributed by atoms with Crippen LogP contribution >= 0.6 is 0 Å². The summed E-state index contributed by atoms with van der Waals surface area (Å²) in [6.45, 7) is 0. The van der Waals surface area contributed by atoms with Gasteiger partial charge < -0.3 is 21.7 Å². The molecule has 0 saturated carbocycles. The van der Waals surface area contributed by atoms with E-state index in [1.54, 1.807) is 24.3 Å². The number of carbonyl (C=O) groups excluding carboxylic acids is 1. The molecule has 1 aromatic rings. The molecule has 1 unspecified atom stereocenters. The van der Waals surface area contributed by atoms with Gasteiger partial charge in [0.25, 0.3) is 0 Å². The SMILES string of the molecule is NC(=O)CC(N)C(=O)O.Oc1ccccc1. The van der Waals surface area contributed by atoms with E-state index in [4.69, 9.17) is 15.9 Å². The number of carboxylic acids is 1. The number of hydrogen-bond donors (Lipinski definition) is 4. The number of phenolic OH excluding ortho intramolecular Hbond substituents is 1. The second-order valence-corrected chi connectivity index (χ2v) is 2.95. The lowest BCUT2D eigenvalue weighted by Crippen LogP contribution is -2.34. The monoisotopic (exact) mass is 226 g/mol. The molecular weight excluding hydrogens is 212 g/mol. The summed E-state index contributed by atoms with van der Waals surface area (Å²) >= 11 is 0. The highest BCUT2D eigenvalue weighted by Crippen LogP contribution is 2.02. The van der Waals surface area contributed by atoms with Gasteiger partial charge in [0, 0.05) is 0 Å². The van der Waals surface area contributed by atoms with Gasteiger partial charge in [0.2, 0.25) is 5.91 Å². The molecule has 0 aliphatic heterocycles. The molecule has 1 atom stereocenters. The van der Waals surface area contributed by atoms with Gasteiger partial charge in [0.05, 0.1) is 6.42 Å². The van der Waals surface area contributed by atoms with Crippen molar-refractivity contribution >= 4 is 11.9 Å². The number of carbonyl (C=O) groups is 2. The van der Waals surface area contributed by atoms with Gasteiger partial charge in [0.15, 0.2) is 0 Å². The molecule has 0 aromatic heterocycles. The van der Waals surface area contributed by atoms with Crippen LogP contribution in [0.5, 0.6) is 5.75 Å². The molecule has 1 aromatic carbocycles. The number of nitrogens with two attached hydrogens (primary N) is 2. The molecule has 6 nitrogen and oxygen atoms in total. The minimum Gasteiger partial charge on any atom is -0.508 e. The van der Waals surface area contributed by atoms with Crippen LogP contribution in [-0.4, -0.2) is 28.1 Å². The zero-order chi connectivity index (χ0) is 12.6. The standard InChI is InChI=1S/C6H6O.C4H8N2O3/c7-6-4-2-1-3-5-6;5-2(4(8)9)1-3(6)7/h1-5,7H;2H,1,5H2,(H2,6,7)(H,8,9). The summed E-state index contributed by atoms with van der Waals surface area (Å²) in [4.78, 5) is 19.9. The van der Waals surface area contributed by atoms with Gasteiger partial charge in [-0.3, -0.25) is 9.59 Å². The number of carboxylic acid groups (broad SMARTS) is 1. The Balaban J connectivity index is 0.000000288. The first-order chi connectivity index (χ1) is 7.43. The van der Waals surface area contributed by atoms with Crippen molar-refractivity contribution in [3.8, 4) is 5.75 Å². The third-order valence-electron chi connectivity index (χ3n) is 1.49. The molecule has 6 N–H and O–H groups in total. The summed E-state index contributed by atoms with van der Waals surface area (Å²) in [6.07, 6.45) is -0.310. The molecule has 0 heterocycles. The summed E-state index contributed by atoms with van der Waals surface area (Å²) < 4.78 is 0. The minimum absolute atomic E-state index is 0.310. The fourth-order valence-corrected chi connectivity index (χ4v) is 0.732. The van der Waals surface area contributed by atoms with Gasteiger partial charge in [-0.25, -0.2) is 0 Å². The van der Waals surface area contributed by atoms with E-state index in [0.29, 0.717) is 5.75 Å². The maximum absolute atomic E-state index is 9.99. The summed E-state index contributed by atoms with van der Waals surface area (Å²) in [7, 11) is 0. The van der Waals surface area contributed by atoms with E-state index in [1.807, 2.05) is 6.07 Å². The summed E-state index contributed by atoms with van der Waals surface area (Å²) in [5.41, 5.74) is 9.57. The molecule has 0 aliphatic carbocycles. The van der Waals surface area contributed by atoms with Crippen molar-refractivity contribution in [3.05, 3.63) is 30.3 Å². The highest BCUT2D eigenvalue weighted by molar-refractivity contribution is 5.83. The molecule has 88 valence electrons. The van der Waals surface area contributed by atoms with Gasteiger partial charge in [-0.2, -0.15) is 0 Å². The van der Waals surface area contributed by atoms with Crippen LogP contribution in [-0.2, 0) is 9.59 Å². The molecular formula is C10H14N2O4. The molecule has 6 heteroatoms. The Kier molecular flexibility index (Phi) is 6.30. The molecule has 16 heavy (non-hydrogen) atoms. The first-order valence-electron chi connectivity index (χ1n) is 4.44. The Morgan fingerprint density at radius 1 is 1.25 bits per heavy atom. The number of amides is 1.